The van der Waals surface area contributed by atoms with Gasteiger partial charge in [0, 0.05) is 33.0 Å². The zero-order valence-electron chi connectivity index (χ0n) is 9.44. The van der Waals surface area contributed by atoms with Gasteiger partial charge in [0.05, 0.1) is 6.61 Å². The Labute approximate surface area is 95.1 Å². The number of hydrogen-bond donors (Lipinski definition) is 3. The maximum Gasteiger partial charge on any atom is 0.224 e. The van der Waals surface area contributed by atoms with E-state index in [0.29, 0.717) is 32.1 Å². The number of nitrogens with one attached hydrogen (secondary N) is 2. The maximum atomic E-state index is 8.54. The van der Waals surface area contributed by atoms with E-state index in [1.165, 1.54) is 0 Å². The minimum atomic E-state index is 0.167. The van der Waals surface area contributed by atoms with Crippen molar-refractivity contribution in [3.63, 3.8) is 0 Å². The number of nitrogens with zero attached hydrogens (tertiary/aromatic N) is 2. The van der Waals surface area contributed by atoms with Gasteiger partial charge in [0.25, 0.3) is 0 Å². The van der Waals surface area contributed by atoms with Crippen molar-refractivity contribution in [1.29, 1.82) is 0 Å². The average Bonchev–Trinajstić information content (AvgIpc) is 2.34. The first kappa shape index (κ1) is 12.7. The number of aliphatic hydroxyl groups excluding tert-OH is 1. The smallest absolute Gasteiger partial charge is 0.224 e. The molecule has 0 saturated heterocycles. The highest BCUT2D eigenvalue weighted by Gasteiger charge is 1.96. The first-order chi connectivity index (χ1) is 7.86. The molecule has 1 rings (SSSR count). The third-order valence-electron chi connectivity index (χ3n) is 1.89. The Morgan fingerprint density at radius 2 is 2.31 bits per heavy atom. The first-order valence-corrected chi connectivity index (χ1v) is 5.30. The highest BCUT2D eigenvalue weighted by Crippen LogP contribution is 2.03. The van der Waals surface area contributed by atoms with Crippen LogP contribution in [0, 0.1) is 0 Å². The summed E-state index contributed by atoms with van der Waals surface area (Å²) in [5.41, 5.74) is 0. The van der Waals surface area contributed by atoms with Crippen LogP contribution in [0.5, 0.6) is 0 Å². The molecule has 1 heterocycles. The van der Waals surface area contributed by atoms with E-state index in [-0.39, 0.29) is 6.61 Å². The lowest BCUT2D eigenvalue weighted by Gasteiger charge is -2.06. The number of anilines is 2. The average molecular weight is 226 g/mol. The Kier molecular flexibility index (Phi) is 6.20. The van der Waals surface area contributed by atoms with Crippen LogP contribution < -0.4 is 10.6 Å². The fourth-order valence-corrected chi connectivity index (χ4v) is 1.09. The SMILES string of the molecule is CNc1ccnc(NCCOCCCO)n1. The molecule has 3 N–H and O–H groups in total. The van der Waals surface area contributed by atoms with Gasteiger partial charge in [-0.3, -0.25) is 0 Å². The van der Waals surface area contributed by atoms with E-state index in [4.69, 9.17) is 9.84 Å². The van der Waals surface area contributed by atoms with Gasteiger partial charge in [0.2, 0.25) is 5.95 Å². The minimum Gasteiger partial charge on any atom is -0.396 e. The van der Waals surface area contributed by atoms with Crippen LogP contribution in [-0.4, -0.2) is 48.5 Å². The number of aromatic nitrogens is 2. The summed E-state index contributed by atoms with van der Waals surface area (Å²) in [5.74, 6) is 1.36. The molecule has 1 aromatic rings. The lowest BCUT2D eigenvalue weighted by atomic mass is 10.5. The highest BCUT2D eigenvalue weighted by molar-refractivity contribution is 5.38. The Hall–Kier alpha value is -1.40. The summed E-state index contributed by atoms with van der Waals surface area (Å²) >= 11 is 0. The van der Waals surface area contributed by atoms with Gasteiger partial charge in [-0.05, 0) is 12.5 Å². The van der Waals surface area contributed by atoms with Crippen molar-refractivity contribution in [3.05, 3.63) is 12.3 Å². The summed E-state index contributed by atoms with van der Waals surface area (Å²) in [6.45, 7) is 1.97. The molecule has 6 heteroatoms. The van der Waals surface area contributed by atoms with Gasteiger partial charge in [-0.1, -0.05) is 0 Å². The van der Waals surface area contributed by atoms with Crippen molar-refractivity contribution in [1.82, 2.24) is 9.97 Å². The second-order valence-electron chi connectivity index (χ2n) is 3.13. The topological polar surface area (TPSA) is 79.3 Å². The molecule has 0 spiro atoms. The third-order valence-corrected chi connectivity index (χ3v) is 1.89. The first-order valence-electron chi connectivity index (χ1n) is 5.30. The number of aliphatic hydroxyl groups is 1. The number of rotatable bonds is 8. The van der Waals surface area contributed by atoms with Gasteiger partial charge in [-0.15, -0.1) is 0 Å². The van der Waals surface area contributed by atoms with E-state index in [1.54, 1.807) is 12.3 Å². The maximum absolute atomic E-state index is 8.54. The van der Waals surface area contributed by atoms with Gasteiger partial charge < -0.3 is 20.5 Å². The Morgan fingerprint density at radius 3 is 3.06 bits per heavy atom. The van der Waals surface area contributed by atoms with Crippen molar-refractivity contribution >= 4 is 11.8 Å². The van der Waals surface area contributed by atoms with Crippen LogP contribution in [0.4, 0.5) is 11.8 Å². The fourth-order valence-electron chi connectivity index (χ4n) is 1.09. The van der Waals surface area contributed by atoms with Gasteiger partial charge >= 0.3 is 0 Å². The normalized spacial score (nSPS) is 10.1. The second-order valence-corrected chi connectivity index (χ2v) is 3.13. The molecular weight excluding hydrogens is 208 g/mol. The summed E-state index contributed by atoms with van der Waals surface area (Å²) in [5, 5.41) is 14.5. The molecule has 0 aliphatic carbocycles. The predicted octanol–water partition coefficient (Wildman–Crippen LogP) is 0.329. The molecule has 0 unspecified atom stereocenters. The van der Waals surface area contributed by atoms with Crippen LogP contribution in [0.2, 0.25) is 0 Å². The van der Waals surface area contributed by atoms with Crippen molar-refractivity contribution in [2.45, 2.75) is 6.42 Å². The van der Waals surface area contributed by atoms with E-state index in [2.05, 4.69) is 20.6 Å². The Morgan fingerprint density at radius 1 is 1.44 bits per heavy atom. The van der Waals surface area contributed by atoms with Crippen molar-refractivity contribution in [2.24, 2.45) is 0 Å². The molecule has 0 atom stereocenters. The zero-order valence-corrected chi connectivity index (χ0v) is 9.44. The summed E-state index contributed by atoms with van der Waals surface area (Å²) in [6, 6.07) is 1.79. The summed E-state index contributed by atoms with van der Waals surface area (Å²) < 4.78 is 5.26. The molecule has 0 amide bonds. The number of hydrogen-bond acceptors (Lipinski definition) is 6. The molecular formula is C10H18N4O2. The lowest BCUT2D eigenvalue weighted by Crippen LogP contribution is -2.12. The van der Waals surface area contributed by atoms with Crippen LogP contribution >= 0.6 is 0 Å². The monoisotopic (exact) mass is 226 g/mol. The summed E-state index contributed by atoms with van der Waals surface area (Å²) in [7, 11) is 1.81. The summed E-state index contributed by atoms with van der Waals surface area (Å²) in [4.78, 5) is 8.26. The fraction of sp³-hybridized carbons (Fsp3) is 0.600. The molecule has 6 nitrogen and oxygen atoms in total. The molecule has 0 aromatic carbocycles. The molecule has 0 aliphatic rings. The molecule has 0 fully saturated rings. The van der Waals surface area contributed by atoms with Crippen LogP contribution in [0.1, 0.15) is 6.42 Å². The van der Waals surface area contributed by atoms with E-state index < -0.39 is 0 Å². The highest BCUT2D eigenvalue weighted by atomic mass is 16.5. The van der Waals surface area contributed by atoms with E-state index in [1.807, 2.05) is 7.05 Å². The molecule has 0 bridgehead atoms. The van der Waals surface area contributed by atoms with E-state index in [0.717, 1.165) is 5.82 Å². The Bertz CT molecular complexity index is 296. The van der Waals surface area contributed by atoms with Gasteiger partial charge in [-0.2, -0.15) is 4.98 Å². The largest absolute Gasteiger partial charge is 0.396 e. The van der Waals surface area contributed by atoms with Crippen LogP contribution in [0.25, 0.3) is 0 Å². The molecule has 90 valence electrons. The quantitative estimate of drug-likeness (QED) is 0.554. The summed E-state index contributed by atoms with van der Waals surface area (Å²) in [6.07, 6.45) is 2.36. The van der Waals surface area contributed by atoms with Gasteiger partial charge in [0.1, 0.15) is 5.82 Å². The van der Waals surface area contributed by atoms with Gasteiger partial charge in [0.15, 0.2) is 0 Å². The van der Waals surface area contributed by atoms with Crippen LogP contribution in [-0.2, 0) is 4.74 Å². The minimum absolute atomic E-state index is 0.167. The molecule has 1 aromatic heterocycles. The molecule has 16 heavy (non-hydrogen) atoms. The van der Waals surface area contributed by atoms with Crippen molar-refractivity contribution in [3.8, 4) is 0 Å². The molecule has 0 aliphatic heterocycles. The van der Waals surface area contributed by atoms with Crippen molar-refractivity contribution in [2.75, 3.05) is 44.0 Å². The lowest BCUT2D eigenvalue weighted by molar-refractivity contribution is 0.124. The standard InChI is InChI=1S/C10H18N4O2/c1-11-9-3-4-12-10(14-9)13-5-8-16-7-2-6-15/h3-4,15H,2,5-8H2,1H3,(H2,11,12,13,14). The van der Waals surface area contributed by atoms with Crippen molar-refractivity contribution < 1.29 is 9.84 Å². The van der Waals surface area contributed by atoms with Crippen LogP contribution in [0.15, 0.2) is 12.3 Å². The van der Waals surface area contributed by atoms with E-state index in [9.17, 15) is 0 Å². The third kappa shape index (κ3) is 4.90. The zero-order chi connectivity index (χ0) is 11.6. The second kappa shape index (κ2) is 7.84. The molecule has 0 saturated carbocycles. The van der Waals surface area contributed by atoms with Gasteiger partial charge in [-0.25, -0.2) is 4.98 Å². The number of ether oxygens (including phenoxy) is 1. The van der Waals surface area contributed by atoms with E-state index >= 15 is 0 Å². The Balaban J connectivity index is 2.16. The van der Waals surface area contributed by atoms with Crippen LogP contribution in [0.3, 0.4) is 0 Å². The molecule has 0 radical (unpaired) electrons. The predicted molar refractivity (Wildman–Crippen MR) is 62.6 cm³/mol.